The molecule has 3 N–H and O–H groups in total. The zero-order valence-corrected chi connectivity index (χ0v) is 11.2. The van der Waals surface area contributed by atoms with Crippen LogP contribution >= 0.6 is 15.9 Å². The predicted molar refractivity (Wildman–Crippen MR) is 70.3 cm³/mol. The molecule has 1 aromatic carbocycles. The zero-order valence-electron chi connectivity index (χ0n) is 9.60. The fourth-order valence-corrected chi connectivity index (χ4v) is 1.88. The fraction of sp³-hybridized carbons (Fsp3) is 0.500. The molecule has 0 saturated heterocycles. The molecule has 0 aliphatic heterocycles. The molecule has 0 aromatic heterocycles. The number of halogens is 1. The summed E-state index contributed by atoms with van der Waals surface area (Å²) in [5.74, 6) is 0. The van der Waals surface area contributed by atoms with E-state index in [9.17, 15) is 0 Å². The van der Waals surface area contributed by atoms with Gasteiger partial charge in [-0.15, -0.1) is 0 Å². The monoisotopic (exact) mass is 270 g/mol. The first-order valence-corrected chi connectivity index (χ1v) is 5.98. The van der Waals surface area contributed by atoms with Gasteiger partial charge in [0.25, 0.3) is 0 Å². The van der Waals surface area contributed by atoms with Crippen LogP contribution in [-0.4, -0.2) is 12.1 Å². The van der Waals surface area contributed by atoms with E-state index in [1.807, 2.05) is 0 Å². The van der Waals surface area contributed by atoms with Crippen molar-refractivity contribution in [1.29, 1.82) is 0 Å². The summed E-state index contributed by atoms with van der Waals surface area (Å²) < 4.78 is 1.10. The summed E-state index contributed by atoms with van der Waals surface area (Å²) in [5.41, 5.74) is 8.05. The van der Waals surface area contributed by atoms with Gasteiger partial charge in [-0.3, -0.25) is 0 Å². The van der Waals surface area contributed by atoms with Crippen LogP contribution in [0.3, 0.4) is 0 Å². The van der Waals surface area contributed by atoms with E-state index in [2.05, 4.69) is 60.2 Å². The Morgan fingerprint density at radius 3 is 2.67 bits per heavy atom. The number of hydrogen-bond acceptors (Lipinski definition) is 2. The van der Waals surface area contributed by atoms with Gasteiger partial charge < -0.3 is 11.1 Å². The third-order valence-corrected chi connectivity index (χ3v) is 2.94. The van der Waals surface area contributed by atoms with Crippen LogP contribution in [0.4, 0.5) is 5.69 Å². The Kier molecular flexibility index (Phi) is 4.17. The largest absolute Gasteiger partial charge is 0.380 e. The first kappa shape index (κ1) is 12.5. The summed E-state index contributed by atoms with van der Waals surface area (Å²) in [5, 5.41) is 3.52. The Morgan fingerprint density at radius 2 is 2.07 bits per heavy atom. The second kappa shape index (κ2) is 4.99. The van der Waals surface area contributed by atoms with E-state index in [4.69, 9.17) is 5.73 Å². The normalized spacial score (nSPS) is 11.5. The van der Waals surface area contributed by atoms with E-state index in [1.54, 1.807) is 0 Å². The molecular weight excluding hydrogens is 252 g/mol. The van der Waals surface area contributed by atoms with E-state index >= 15 is 0 Å². The molecule has 15 heavy (non-hydrogen) atoms. The minimum atomic E-state index is 0.0420. The number of benzene rings is 1. The van der Waals surface area contributed by atoms with Crippen molar-refractivity contribution >= 4 is 21.6 Å². The third-order valence-electron chi connectivity index (χ3n) is 2.44. The van der Waals surface area contributed by atoms with E-state index in [0.29, 0.717) is 6.54 Å². The molecule has 0 fully saturated rings. The molecule has 0 unspecified atom stereocenters. The number of aryl methyl sites for hydroxylation is 1. The summed E-state index contributed by atoms with van der Waals surface area (Å²) in [6, 6.07) is 6.26. The third kappa shape index (κ3) is 3.84. The van der Waals surface area contributed by atoms with Crippen LogP contribution in [0.25, 0.3) is 0 Å². The average Bonchev–Trinajstić information content (AvgIpc) is 2.10. The van der Waals surface area contributed by atoms with Crippen LogP contribution in [0.5, 0.6) is 0 Å². The topological polar surface area (TPSA) is 38.0 Å². The molecule has 0 spiro atoms. The number of rotatable bonds is 4. The van der Waals surface area contributed by atoms with Gasteiger partial charge in [-0.2, -0.15) is 0 Å². The van der Waals surface area contributed by atoms with E-state index in [-0.39, 0.29) is 5.54 Å². The summed E-state index contributed by atoms with van der Waals surface area (Å²) in [4.78, 5) is 0. The van der Waals surface area contributed by atoms with Crippen molar-refractivity contribution in [3.63, 3.8) is 0 Å². The maximum atomic E-state index is 5.59. The molecule has 84 valence electrons. The van der Waals surface area contributed by atoms with Gasteiger partial charge in [-0.05, 0) is 51.4 Å². The zero-order chi connectivity index (χ0) is 11.5. The highest BCUT2D eigenvalue weighted by atomic mass is 79.9. The summed E-state index contributed by atoms with van der Waals surface area (Å²) in [6.07, 6.45) is 0.957. The van der Waals surface area contributed by atoms with Gasteiger partial charge in [0.1, 0.15) is 0 Å². The summed E-state index contributed by atoms with van der Waals surface area (Å²) in [6.45, 7) is 7.14. The Balaban J connectivity index is 2.83. The van der Waals surface area contributed by atoms with E-state index < -0.39 is 0 Å². The molecule has 0 bridgehead atoms. The SMILES string of the molecule is Cc1ccc(Br)cc1NC(C)(C)CCN. The highest BCUT2D eigenvalue weighted by Gasteiger charge is 2.16. The lowest BCUT2D eigenvalue weighted by atomic mass is 9.99. The van der Waals surface area contributed by atoms with E-state index in [0.717, 1.165) is 10.9 Å². The molecule has 0 aliphatic carbocycles. The molecule has 1 aromatic rings. The minimum Gasteiger partial charge on any atom is -0.380 e. The van der Waals surface area contributed by atoms with Crippen LogP contribution in [0.2, 0.25) is 0 Å². The van der Waals surface area contributed by atoms with Crippen LogP contribution in [-0.2, 0) is 0 Å². The van der Waals surface area contributed by atoms with Crippen molar-refractivity contribution in [2.45, 2.75) is 32.7 Å². The van der Waals surface area contributed by atoms with Crippen LogP contribution in [0, 0.1) is 6.92 Å². The molecular formula is C12H19BrN2. The summed E-state index contributed by atoms with van der Waals surface area (Å²) in [7, 11) is 0. The highest BCUT2D eigenvalue weighted by molar-refractivity contribution is 9.10. The van der Waals surface area contributed by atoms with Gasteiger partial charge in [0.2, 0.25) is 0 Å². The fourth-order valence-electron chi connectivity index (χ4n) is 1.52. The minimum absolute atomic E-state index is 0.0420. The Labute approximate surface area is 100 Å². The van der Waals surface area contributed by atoms with Gasteiger partial charge in [-0.25, -0.2) is 0 Å². The maximum absolute atomic E-state index is 5.59. The quantitative estimate of drug-likeness (QED) is 0.881. The van der Waals surface area contributed by atoms with Crippen LogP contribution in [0.15, 0.2) is 22.7 Å². The highest BCUT2D eigenvalue weighted by Crippen LogP contribution is 2.24. The lowest BCUT2D eigenvalue weighted by Gasteiger charge is -2.28. The molecule has 0 radical (unpaired) electrons. The van der Waals surface area contributed by atoms with Crippen molar-refractivity contribution in [2.75, 3.05) is 11.9 Å². The van der Waals surface area contributed by atoms with Crippen molar-refractivity contribution in [3.05, 3.63) is 28.2 Å². The van der Waals surface area contributed by atoms with Crippen molar-refractivity contribution in [1.82, 2.24) is 0 Å². The Hall–Kier alpha value is -0.540. The molecule has 1 rings (SSSR count). The van der Waals surface area contributed by atoms with Gasteiger partial charge in [0.05, 0.1) is 0 Å². The van der Waals surface area contributed by atoms with Crippen LogP contribution < -0.4 is 11.1 Å². The number of nitrogens with one attached hydrogen (secondary N) is 1. The van der Waals surface area contributed by atoms with Crippen molar-refractivity contribution in [3.8, 4) is 0 Å². The van der Waals surface area contributed by atoms with Gasteiger partial charge in [0.15, 0.2) is 0 Å². The average molecular weight is 271 g/mol. The number of nitrogens with two attached hydrogens (primary N) is 1. The molecule has 0 atom stereocenters. The predicted octanol–water partition coefficient (Wildman–Crippen LogP) is 3.30. The lowest BCUT2D eigenvalue weighted by Crippen LogP contribution is -2.33. The van der Waals surface area contributed by atoms with E-state index in [1.165, 1.54) is 11.3 Å². The van der Waals surface area contributed by atoms with Crippen molar-refractivity contribution in [2.24, 2.45) is 5.73 Å². The standard InChI is InChI=1S/C12H19BrN2/c1-9-4-5-10(13)8-11(9)15-12(2,3)6-7-14/h4-5,8,15H,6-7,14H2,1-3H3. The number of hydrogen-bond donors (Lipinski definition) is 2. The second-order valence-corrected chi connectivity index (χ2v) is 5.42. The maximum Gasteiger partial charge on any atom is 0.0385 e. The molecule has 3 heteroatoms. The Morgan fingerprint density at radius 1 is 1.40 bits per heavy atom. The first-order valence-electron chi connectivity index (χ1n) is 5.19. The molecule has 0 aliphatic rings. The number of anilines is 1. The molecule has 0 amide bonds. The second-order valence-electron chi connectivity index (χ2n) is 4.51. The first-order chi connectivity index (χ1) is 6.94. The Bertz CT molecular complexity index is 334. The molecule has 2 nitrogen and oxygen atoms in total. The van der Waals surface area contributed by atoms with Gasteiger partial charge in [0, 0.05) is 15.7 Å². The lowest BCUT2D eigenvalue weighted by molar-refractivity contribution is 0.526. The summed E-state index contributed by atoms with van der Waals surface area (Å²) >= 11 is 3.48. The van der Waals surface area contributed by atoms with Gasteiger partial charge in [-0.1, -0.05) is 22.0 Å². The van der Waals surface area contributed by atoms with Gasteiger partial charge >= 0.3 is 0 Å². The molecule has 0 heterocycles. The van der Waals surface area contributed by atoms with Crippen molar-refractivity contribution < 1.29 is 0 Å². The molecule has 0 saturated carbocycles. The smallest absolute Gasteiger partial charge is 0.0385 e. The van der Waals surface area contributed by atoms with Crippen LogP contribution in [0.1, 0.15) is 25.8 Å².